The molecule has 340 valence electrons. The molecule has 24 heteroatoms. The number of carbonyl (C=O) groups excluding carboxylic acids is 8. The Morgan fingerprint density at radius 2 is 1.10 bits per heavy atom. The summed E-state index contributed by atoms with van der Waals surface area (Å²) in [6, 6.07) is 0.278. The van der Waals surface area contributed by atoms with Gasteiger partial charge in [0, 0.05) is 60.6 Å². The highest BCUT2D eigenvalue weighted by atomic mass is 127. The van der Waals surface area contributed by atoms with E-state index in [1.807, 2.05) is 6.07 Å². The number of hydroxylamine groups is 2. The van der Waals surface area contributed by atoms with Gasteiger partial charge in [0.25, 0.3) is 17.7 Å². The van der Waals surface area contributed by atoms with Crippen LogP contribution >= 0.6 is 22.6 Å². The van der Waals surface area contributed by atoms with Crippen molar-refractivity contribution < 1.29 is 82.8 Å². The molecule has 0 spiro atoms. The zero-order chi connectivity index (χ0) is 46.4. The van der Waals surface area contributed by atoms with Crippen LogP contribution in [-0.2, 0) is 57.6 Å². The summed E-state index contributed by atoms with van der Waals surface area (Å²) in [6.45, 7) is 0.179. The van der Waals surface area contributed by atoms with Crippen LogP contribution in [0.1, 0.15) is 107 Å². The number of hydrogen-bond donors (Lipinski definition) is 9. The van der Waals surface area contributed by atoms with Crippen molar-refractivity contribution in [3.05, 3.63) is 33.4 Å². The number of carbonyl (C=O) groups is 12. The third kappa shape index (κ3) is 19.9. The lowest BCUT2D eigenvalue weighted by Gasteiger charge is -2.26. The van der Waals surface area contributed by atoms with Gasteiger partial charge in [0.2, 0.25) is 23.6 Å². The standard InChI is InChI=1S/C38H49IN6O17/c39-22-7-5-6-21(20-22)34(56)40-19-4-3-8-26(38(60)61)44-37(59)25(13-18-32(53)54)43-36(58)24(12-17-31(51)52)42-35(57)23(11-16-30(49)50)41-27(46)9-1-2-10-33(55)62-45-28(47)14-15-29(45)48/h5-7,20,23-26H,1-4,8-19H2,(H,40,56)(H,41,46)(H,42,57)(H,43,58)(H,44,59)(H,49,50)(H,51,52)(H,53,54)(H,60,61)/t23-,24-,25-,26-/m1/s1. The van der Waals surface area contributed by atoms with Gasteiger partial charge in [0.05, 0.1) is 0 Å². The maximum absolute atomic E-state index is 13.5. The molecule has 0 aromatic heterocycles. The second-order valence-corrected chi connectivity index (χ2v) is 15.2. The third-order valence-electron chi connectivity index (χ3n) is 9.00. The average molecular weight is 989 g/mol. The Morgan fingerprint density at radius 1 is 0.613 bits per heavy atom. The SMILES string of the molecule is O=C(O)CC[C@@H](NC(=O)CCCCC(=O)ON1C(=O)CCC1=O)C(=O)N[C@H](CCC(=O)O)C(=O)N[C@H](CCC(=O)O)C(=O)N[C@H](CCCCNC(=O)c1cccc(I)c1)C(=O)O. The fraction of sp³-hybridized carbons (Fsp3) is 0.526. The van der Waals surface area contributed by atoms with E-state index in [4.69, 9.17) is 4.84 Å². The fourth-order valence-corrected chi connectivity index (χ4v) is 6.26. The van der Waals surface area contributed by atoms with Crippen molar-refractivity contribution in [2.24, 2.45) is 0 Å². The van der Waals surface area contributed by atoms with Crippen molar-refractivity contribution in [2.45, 2.75) is 120 Å². The van der Waals surface area contributed by atoms with Crippen molar-refractivity contribution in [2.75, 3.05) is 6.54 Å². The number of unbranched alkanes of at least 4 members (excludes halogenated alkanes) is 2. The molecule has 1 aromatic carbocycles. The first-order valence-electron chi connectivity index (χ1n) is 19.5. The molecule has 2 rings (SSSR count). The quantitative estimate of drug-likeness (QED) is 0.0289. The van der Waals surface area contributed by atoms with E-state index in [2.05, 4.69) is 49.2 Å². The van der Waals surface area contributed by atoms with E-state index in [0.717, 1.165) is 3.57 Å². The van der Waals surface area contributed by atoms with Crippen LogP contribution in [0.4, 0.5) is 0 Å². The Hall–Kier alpha value is -6.21. The number of aliphatic carboxylic acids is 4. The fourth-order valence-electron chi connectivity index (χ4n) is 5.72. The minimum Gasteiger partial charge on any atom is -0.481 e. The van der Waals surface area contributed by atoms with E-state index in [1.54, 1.807) is 18.2 Å². The smallest absolute Gasteiger partial charge is 0.333 e. The lowest BCUT2D eigenvalue weighted by atomic mass is 10.0. The van der Waals surface area contributed by atoms with Crippen LogP contribution in [0.3, 0.4) is 0 Å². The van der Waals surface area contributed by atoms with Gasteiger partial charge in [-0.1, -0.05) is 6.07 Å². The predicted molar refractivity (Wildman–Crippen MR) is 217 cm³/mol. The molecule has 0 unspecified atom stereocenters. The Balaban J connectivity index is 2.07. The normalized spacial score (nSPS) is 14.0. The molecule has 4 atom stereocenters. The maximum atomic E-state index is 13.5. The van der Waals surface area contributed by atoms with Crippen LogP contribution in [0.5, 0.6) is 0 Å². The van der Waals surface area contributed by atoms with E-state index >= 15 is 0 Å². The van der Waals surface area contributed by atoms with Crippen molar-refractivity contribution >= 4 is 93.8 Å². The van der Waals surface area contributed by atoms with Crippen LogP contribution in [0, 0.1) is 3.57 Å². The topological polar surface area (TPSA) is 358 Å². The van der Waals surface area contributed by atoms with Gasteiger partial charge < -0.3 is 51.8 Å². The number of nitrogens with one attached hydrogen (secondary N) is 5. The van der Waals surface area contributed by atoms with Gasteiger partial charge in [0.15, 0.2) is 0 Å². The number of rotatable bonds is 29. The van der Waals surface area contributed by atoms with Gasteiger partial charge >= 0.3 is 29.8 Å². The number of carboxylic acid groups (broad SMARTS) is 4. The van der Waals surface area contributed by atoms with Crippen molar-refractivity contribution in [3.63, 3.8) is 0 Å². The molecule has 9 N–H and O–H groups in total. The van der Waals surface area contributed by atoms with Crippen LogP contribution in [0.2, 0.25) is 0 Å². The maximum Gasteiger partial charge on any atom is 0.333 e. The Labute approximate surface area is 367 Å². The molecule has 1 aliphatic rings. The summed E-state index contributed by atoms with van der Waals surface area (Å²) in [4.78, 5) is 152. The summed E-state index contributed by atoms with van der Waals surface area (Å²) in [5.74, 6) is -12.4. The third-order valence-corrected chi connectivity index (χ3v) is 9.67. The van der Waals surface area contributed by atoms with Crippen molar-refractivity contribution in [1.82, 2.24) is 31.6 Å². The highest BCUT2D eigenvalue weighted by Crippen LogP contribution is 2.14. The van der Waals surface area contributed by atoms with Gasteiger partial charge in [-0.3, -0.25) is 47.9 Å². The average Bonchev–Trinajstić information content (AvgIpc) is 3.51. The Morgan fingerprint density at radius 3 is 1.58 bits per heavy atom. The second kappa shape index (κ2) is 26.9. The lowest BCUT2D eigenvalue weighted by molar-refractivity contribution is -0.197. The van der Waals surface area contributed by atoms with Crippen LogP contribution in [0.25, 0.3) is 0 Å². The highest BCUT2D eigenvalue weighted by molar-refractivity contribution is 14.1. The van der Waals surface area contributed by atoms with Gasteiger partial charge in [0.1, 0.15) is 24.2 Å². The summed E-state index contributed by atoms with van der Waals surface area (Å²) in [7, 11) is 0. The van der Waals surface area contributed by atoms with Gasteiger partial charge in [-0.2, -0.15) is 0 Å². The zero-order valence-electron chi connectivity index (χ0n) is 33.4. The molecule has 0 radical (unpaired) electrons. The van der Waals surface area contributed by atoms with Crippen LogP contribution < -0.4 is 26.6 Å². The van der Waals surface area contributed by atoms with Crippen molar-refractivity contribution in [1.29, 1.82) is 0 Å². The van der Waals surface area contributed by atoms with Gasteiger partial charge in [-0.25, -0.2) is 9.59 Å². The molecular weight excluding hydrogens is 939 g/mol. The predicted octanol–water partition coefficient (Wildman–Crippen LogP) is -0.0229. The summed E-state index contributed by atoms with van der Waals surface area (Å²) in [6.07, 6.45) is -4.01. The molecule has 7 amide bonds. The number of carboxylic acids is 4. The molecule has 1 fully saturated rings. The number of benzene rings is 1. The highest BCUT2D eigenvalue weighted by Gasteiger charge is 2.34. The largest absolute Gasteiger partial charge is 0.481 e. The summed E-state index contributed by atoms with van der Waals surface area (Å²) in [5, 5.41) is 49.7. The molecule has 23 nitrogen and oxygen atoms in total. The number of halogens is 1. The molecular formula is C38H49IN6O17. The van der Waals surface area contributed by atoms with Crippen LogP contribution in [-0.4, -0.2) is 127 Å². The van der Waals surface area contributed by atoms with E-state index in [0.29, 0.717) is 17.0 Å². The Bertz CT molecular complexity index is 1840. The van der Waals surface area contributed by atoms with Crippen LogP contribution in [0.15, 0.2) is 24.3 Å². The second-order valence-electron chi connectivity index (χ2n) is 14.0. The molecule has 1 saturated heterocycles. The molecule has 62 heavy (non-hydrogen) atoms. The summed E-state index contributed by atoms with van der Waals surface area (Å²) < 4.78 is 0.848. The van der Waals surface area contributed by atoms with E-state index in [9.17, 15) is 78.0 Å². The van der Waals surface area contributed by atoms with Crippen molar-refractivity contribution in [3.8, 4) is 0 Å². The van der Waals surface area contributed by atoms with E-state index < -0.39 is 128 Å². The minimum atomic E-state index is -1.74. The first kappa shape index (κ1) is 51.9. The van der Waals surface area contributed by atoms with E-state index in [1.165, 1.54) is 0 Å². The minimum absolute atomic E-state index is 0.0365. The van der Waals surface area contributed by atoms with Gasteiger partial charge in [-0.05, 0) is 92.2 Å². The summed E-state index contributed by atoms with van der Waals surface area (Å²) in [5.41, 5.74) is 0.429. The molecule has 0 aliphatic carbocycles. The zero-order valence-corrected chi connectivity index (χ0v) is 35.5. The molecule has 1 heterocycles. The Kier molecular flexibility index (Phi) is 22.5. The first-order chi connectivity index (χ1) is 29.3. The number of amides is 7. The number of hydrogen-bond acceptors (Lipinski definition) is 13. The molecule has 0 bridgehead atoms. The lowest BCUT2D eigenvalue weighted by Crippen LogP contribution is -2.58. The first-order valence-corrected chi connectivity index (χ1v) is 20.5. The molecule has 1 aromatic rings. The molecule has 0 saturated carbocycles. The number of nitrogens with zero attached hydrogens (tertiary/aromatic N) is 1. The van der Waals surface area contributed by atoms with E-state index in [-0.39, 0.29) is 63.8 Å². The monoisotopic (exact) mass is 988 g/mol. The molecule has 1 aliphatic heterocycles. The number of imide groups is 1. The van der Waals surface area contributed by atoms with Gasteiger partial charge in [-0.15, -0.1) is 5.06 Å². The summed E-state index contributed by atoms with van der Waals surface area (Å²) >= 11 is 2.05.